The van der Waals surface area contributed by atoms with E-state index in [1.807, 2.05) is 13.8 Å². The van der Waals surface area contributed by atoms with E-state index in [4.69, 9.17) is 11.6 Å². The monoisotopic (exact) mass is 363 g/mol. The molecule has 1 aromatic carbocycles. The van der Waals surface area contributed by atoms with Gasteiger partial charge in [0.05, 0.1) is 23.6 Å². The number of aromatic nitrogens is 2. The molecule has 1 fully saturated rings. The Kier molecular flexibility index (Phi) is 5.42. The van der Waals surface area contributed by atoms with Gasteiger partial charge < -0.3 is 5.32 Å². The third-order valence-corrected chi connectivity index (χ3v) is 5.33. The van der Waals surface area contributed by atoms with Crippen LogP contribution in [-0.4, -0.2) is 15.7 Å². The summed E-state index contributed by atoms with van der Waals surface area (Å²) in [5.41, 5.74) is 2.66. The van der Waals surface area contributed by atoms with Gasteiger partial charge in [-0.2, -0.15) is 5.10 Å². The van der Waals surface area contributed by atoms with E-state index in [1.165, 1.54) is 12.5 Å². The maximum atomic E-state index is 14.0. The van der Waals surface area contributed by atoms with E-state index in [9.17, 15) is 9.18 Å². The highest BCUT2D eigenvalue weighted by Crippen LogP contribution is 2.28. The minimum Gasteiger partial charge on any atom is -0.323 e. The molecule has 1 heterocycles. The summed E-state index contributed by atoms with van der Waals surface area (Å²) in [6, 6.07) is 4.63. The lowest BCUT2D eigenvalue weighted by atomic mass is 9.88. The molecule has 0 unspecified atom stereocenters. The first-order valence-electron chi connectivity index (χ1n) is 8.75. The van der Waals surface area contributed by atoms with E-state index >= 15 is 0 Å². The molecule has 0 radical (unpaired) electrons. The first kappa shape index (κ1) is 17.9. The zero-order valence-corrected chi connectivity index (χ0v) is 15.4. The Balaban J connectivity index is 1.80. The van der Waals surface area contributed by atoms with Gasteiger partial charge in [-0.1, -0.05) is 36.9 Å². The van der Waals surface area contributed by atoms with Gasteiger partial charge in [0.25, 0.3) is 0 Å². The molecule has 0 spiro atoms. The van der Waals surface area contributed by atoms with E-state index in [0.29, 0.717) is 10.6 Å². The highest BCUT2D eigenvalue weighted by Gasteiger charge is 2.23. The van der Waals surface area contributed by atoms with Crippen molar-refractivity contribution in [1.29, 1.82) is 0 Å². The largest absolute Gasteiger partial charge is 0.323 e. The molecule has 1 saturated carbocycles. The maximum absolute atomic E-state index is 14.0. The van der Waals surface area contributed by atoms with Crippen molar-refractivity contribution in [2.24, 2.45) is 5.92 Å². The summed E-state index contributed by atoms with van der Waals surface area (Å²) in [5, 5.41) is 7.87. The molecule has 1 aliphatic rings. The minimum absolute atomic E-state index is 0.0642. The fourth-order valence-electron chi connectivity index (χ4n) is 3.45. The number of nitrogens with one attached hydrogen (secondary N) is 1. The van der Waals surface area contributed by atoms with E-state index in [-0.39, 0.29) is 24.2 Å². The molecule has 2 aromatic rings. The number of hydrogen-bond acceptors (Lipinski definition) is 2. The second kappa shape index (κ2) is 7.56. The summed E-state index contributed by atoms with van der Waals surface area (Å²) in [7, 11) is 0. The van der Waals surface area contributed by atoms with Crippen molar-refractivity contribution in [2.45, 2.75) is 52.5 Å². The molecular formula is C19H23ClFN3O. The number of halogens is 2. The Morgan fingerprint density at radius 2 is 2.04 bits per heavy atom. The summed E-state index contributed by atoms with van der Waals surface area (Å²) in [6.45, 7) is 3.96. The van der Waals surface area contributed by atoms with Crippen LogP contribution in [0.4, 0.5) is 10.1 Å². The number of carbonyl (C=O) groups excluding carboxylic acids is 1. The zero-order valence-electron chi connectivity index (χ0n) is 14.6. The molecule has 134 valence electrons. The number of hydrogen-bond donors (Lipinski definition) is 1. The van der Waals surface area contributed by atoms with Crippen LogP contribution in [0.5, 0.6) is 0 Å². The third-order valence-electron chi connectivity index (χ3n) is 4.98. The molecule has 0 atom stereocenters. The summed E-state index contributed by atoms with van der Waals surface area (Å²) in [5.74, 6) is -0.209. The normalized spacial score (nSPS) is 15.4. The molecule has 1 amide bonds. The first-order valence-corrected chi connectivity index (χ1v) is 9.13. The van der Waals surface area contributed by atoms with Gasteiger partial charge in [-0.3, -0.25) is 9.48 Å². The van der Waals surface area contributed by atoms with Gasteiger partial charge in [0.2, 0.25) is 5.91 Å². The van der Waals surface area contributed by atoms with Crippen molar-refractivity contribution >= 4 is 23.2 Å². The molecule has 6 heteroatoms. The maximum Gasteiger partial charge on any atom is 0.227 e. The minimum atomic E-state index is -0.354. The van der Waals surface area contributed by atoms with Gasteiger partial charge in [0, 0.05) is 16.5 Å². The fourth-order valence-corrected chi connectivity index (χ4v) is 3.68. The van der Waals surface area contributed by atoms with E-state index in [0.717, 1.165) is 42.8 Å². The summed E-state index contributed by atoms with van der Waals surface area (Å²) >= 11 is 6.11. The Morgan fingerprint density at radius 1 is 1.32 bits per heavy atom. The predicted molar refractivity (Wildman–Crippen MR) is 97.4 cm³/mol. The van der Waals surface area contributed by atoms with Crippen LogP contribution < -0.4 is 5.32 Å². The van der Waals surface area contributed by atoms with Crippen LogP contribution in [0.25, 0.3) is 0 Å². The van der Waals surface area contributed by atoms with Crippen LogP contribution in [0.3, 0.4) is 0 Å². The van der Waals surface area contributed by atoms with Crippen LogP contribution in [0, 0.1) is 25.6 Å². The van der Waals surface area contributed by atoms with Crippen LogP contribution in [0.15, 0.2) is 18.2 Å². The van der Waals surface area contributed by atoms with Gasteiger partial charge in [-0.15, -0.1) is 0 Å². The number of anilines is 1. The van der Waals surface area contributed by atoms with Crippen molar-refractivity contribution in [2.75, 3.05) is 5.32 Å². The number of amides is 1. The van der Waals surface area contributed by atoms with Crippen LogP contribution in [0.2, 0.25) is 5.02 Å². The second-order valence-electron chi connectivity index (χ2n) is 6.73. The molecule has 1 aliphatic carbocycles. The van der Waals surface area contributed by atoms with Crippen molar-refractivity contribution in [3.63, 3.8) is 0 Å². The summed E-state index contributed by atoms with van der Waals surface area (Å²) in [6.07, 6.45) is 5.33. The lowest BCUT2D eigenvalue weighted by Crippen LogP contribution is -2.25. The standard InChI is InChI=1S/C19H23ClFN3O/c1-12-18(22-19(25)14-7-4-3-5-8-14)13(2)24(23-12)11-15-16(20)9-6-10-17(15)21/h6,9-10,14H,3-5,7-8,11H2,1-2H3,(H,22,25). The van der Waals surface area contributed by atoms with Crippen molar-refractivity contribution in [3.8, 4) is 0 Å². The van der Waals surface area contributed by atoms with Crippen molar-refractivity contribution < 1.29 is 9.18 Å². The topological polar surface area (TPSA) is 46.9 Å². The molecule has 0 saturated heterocycles. The molecule has 0 bridgehead atoms. The Bertz CT molecular complexity index is 761. The molecule has 3 rings (SSSR count). The third kappa shape index (κ3) is 3.87. The van der Waals surface area contributed by atoms with Gasteiger partial charge in [0.15, 0.2) is 0 Å². The van der Waals surface area contributed by atoms with Gasteiger partial charge >= 0.3 is 0 Å². The average molecular weight is 364 g/mol. The smallest absolute Gasteiger partial charge is 0.227 e. The zero-order chi connectivity index (χ0) is 18.0. The number of benzene rings is 1. The highest BCUT2D eigenvalue weighted by atomic mass is 35.5. The van der Waals surface area contributed by atoms with E-state index < -0.39 is 0 Å². The molecular weight excluding hydrogens is 341 g/mol. The molecule has 4 nitrogen and oxygen atoms in total. The average Bonchev–Trinajstić information content (AvgIpc) is 2.86. The number of nitrogens with zero attached hydrogens (tertiary/aromatic N) is 2. The van der Waals surface area contributed by atoms with Gasteiger partial charge in [0.1, 0.15) is 5.82 Å². The summed E-state index contributed by atoms with van der Waals surface area (Å²) in [4.78, 5) is 12.5. The number of rotatable bonds is 4. The van der Waals surface area contributed by atoms with Crippen LogP contribution in [0.1, 0.15) is 49.1 Å². The molecule has 1 N–H and O–H groups in total. The Hall–Kier alpha value is -1.88. The van der Waals surface area contributed by atoms with Crippen LogP contribution >= 0.6 is 11.6 Å². The SMILES string of the molecule is Cc1nn(Cc2c(F)cccc2Cl)c(C)c1NC(=O)C1CCCCC1. The van der Waals surface area contributed by atoms with Gasteiger partial charge in [-0.25, -0.2) is 4.39 Å². The molecule has 1 aromatic heterocycles. The Labute approximate surface area is 152 Å². The van der Waals surface area contributed by atoms with Crippen molar-refractivity contribution in [1.82, 2.24) is 9.78 Å². The lowest BCUT2D eigenvalue weighted by Gasteiger charge is -2.20. The van der Waals surface area contributed by atoms with Gasteiger partial charge in [-0.05, 0) is 38.8 Å². The molecule has 0 aliphatic heterocycles. The highest BCUT2D eigenvalue weighted by molar-refractivity contribution is 6.31. The fraction of sp³-hybridized carbons (Fsp3) is 0.474. The quantitative estimate of drug-likeness (QED) is 0.843. The lowest BCUT2D eigenvalue weighted by molar-refractivity contribution is -0.120. The Morgan fingerprint density at radius 3 is 2.72 bits per heavy atom. The van der Waals surface area contributed by atoms with Crippen LogP contribution in [-0.2, 0) is 11.3 Å². The first-order chi connectivity index (χ1) is 12.0. The summed E-state index contributed by atoms with van der Waals surface area (Å²) < 4.78 is 15.7. The van der Waals surface area contributed by atoms with E-state index in [2.05, 4.69) is 10.4 Å². The predicted octanol–water partition coefficient (Wildman–Crippen LogP) is 4.86. The van der Waals surface area contributed by atoms with Crippen molar-refractivity contribution in [3.05, 3.63) is 46.0 Å². The molecule has 25 heavy (non-hydrogen) atoms. The van der Waals surface area contributed by atoms with E-state index in [1.54, 1.807) is 16.8 Å². The number of carbonyl (C=O) groups is 1. The number of aryl methyl sites for hydroxylation is 1. The second-order valence-corrected chi connectivity index (χ2v) is 7.14.